The Hall–Kier alpha value is -2.70. The number of carbonyl (C=O) groups is 1. The average molecular weight is 568 g/mol. The first-order chi connectivity index (χ1) is 18.8. The van der Waals surface area contributed by atoms with E-state index >= 15 is 0 Å². The minimum atomic E-state index is -1.44. The molecule has 3 atom stereocenters. The number of nitrogens with zero attached hydrogens (tertiary/aromatic N) is 1. The maximum Gasteiger partial charge on any atom is 0.251 e. The number of rotatable bonds is 11. The summed E-state index contributed by atoms with van der Waals surface area (Å²) >= 11 is 12.9. The highest BCUT2D eigenvalue weighted by Crippen LogP contribution is 2.51. The third kappa shape index (κ3) is 7.29. The van der Waals surface area contributed by atoms with Gasteiger partial charge < -0.3 is 15.5 Å². The van der Waals surface area contributed by atoms with Crippen molar-refractivity contribution in [3.8, 4) is 0 Å². The number of hydrogen-bond donors (Lipinski definition) is 3. The minimum absolute atomic E-state index is 0.0847. The average Bonchev–Trinajstić information content (AvgIpc) is 2.91. The third-order valence-corrected chi connectivity index (χ3v) is 8.02. The number of halogens is 2. The SMILES string of the molecule is CCCCC(c1ccc(C(=O)NCCC(O)O)cc1)C(c1ccc(Cl)cc1)C1CC=Nc2c(C)cc(Cl)cc21. The van der Waals surface area contributed by atoms with Crippen LogP contribution in [-0.4, -0.2) is 35.2 Å². The predicted molar refractivity (Wildman–Crippen MR) is 160 cm³/mol. The van der Waals surface area contributed by atoms with Crippen LogP contribution < -0.4 is 5.32 Å². The van der Waals surface area contributed by atoms with Crippen LogP contribution in [-0.2, 0) is 0 Å². The van der Waals surface area contributed by atoms with Crippen LogP contribution in [0.3, 0.4) is 0 Å². The number of fused-ring (bicyclic) bond motifs is 1. The van der Waals surface area contributed by atoms with E-state index in [1.54, 1.807) is 0 Å². The Morgan fingerprint density at radius 2 is 1.69 bits per heavy atom. The number of nitrogens with one attached hydrogen (secondary N) is 1. The number of aliphatic hydroxyl groups is 2. The van der Waals surface area contributed by atoms with E-state index in [1.807, 2.05) is 36.5 Å². The molecule has 39 heavy (non-hydrogen) atoms. The van der Waals surface area contributed by atoms with Crippen molar-refractivity contribution in [1.82, 2.24) is 5.32 Å². The maximum atomic E-state index is 12.6. The lowest BCUT2D eigenvalue weighted by atomic mass is 9.68. The van der Waals surface area contributed by atoms with Crippen molar-refractivity contribution in [3.63, 3.8) is 0 Å². The van der Waals surface area contributed by atoms with E-state index in [9.17, 15) is 4.79 Å². The van der Waals surface area contributed by atoms with Crippen molar-refractivity contribution in [2.24, 2.45) is 4.99 Å². The summed E-state index contributed by atoms with van der Waals surface area (Å²) in [5.74, 6) is 0.272. The molecule has 1 amide bonds. The zero-order valence-electron chi connectivity index (χ0n) is 22.4. The fourth-order valence-corrected chi connectivity index (χ4v) is 6.06. The second-order valence-corrected chi connectivity index (χ2v) is 11.2. The van der Waals surface area contributed by atoms with Crippen LogP contribution >= 0.6 is 23.2 Å². The fourth-order valence-electron chi connectivity index (χ4n) is 5.65. The van der Waals surface area contributed by atoms with Gasteiger partial charge in [-0.3, -0.25) is 9.79 Å². The second-order valence-electron chi connectivity index (χ2n) is 10.3. The molecule has 0 saturated carbocycles. The molecule has 0 fully saturated rings. The second kappa shape index (κ2) is 13.6. The molecule has 3 unspecified atom stereocenters. The number of aliphatic imine (C=N–C) groups is 1. The van der Waals surface area contributed by atoms with Gasteiger partial charge in [0.25, 0.3) is 5.91 Å². The Labute approximate surface area is 240 Å². The van der Waals surface area contributed by atoms with Gasteiger partial charge in [-0.05, 0) is 96.2 Å². The predicted octanol–water partition coefficient (Wildman–Crippen LogP) is 7.68. The molecule has 7 heteroatoms. The van der Waals surface area contributed by atoms with Crippen LogP contribution in [0.4, 0.5) is 5.69 Å². The van der Waals surface area contributed by atoms with Crippen molar-refractivity contribution in [2.45, 2.75) is 70.0 Å². The van der Waals surface area contributed by atoms with E-state index in [0.717, 1.165) is 42.0 Å². The van der Waals surface area contributed by atoms with Crippen LogP contribution in [0, 0.1) is 6.92 Å². The Morgan fingerprint density at radius 3 is 2.36 bits per heavy atom. The number of unbranched alkanes of at least 4 members (excludes halogenated alkanes) is 1. The van der Waals surface area contributed by atoms with Crippen molar-refractivity contribution in [2.75, 3.05) is 6.54 Å². The molecule has 1 heterocycles. The van der Waals surface area contributed by atoms with Gasteiger partial charge in [0.15, 0.2) is 6.29 Å². The van der Waals surface area contributed by atoms with E-state index in [-0.39, 0.29) is 36.6 Å². The number of aliphatic hydroxyl groups excluding tert-OH is 1. The molecule has 5 nitrogen and oxygen atoms in total. The van der Waals surface area contributed by atoms with E-state index < -0.39 is 6.29 Å². The number of benzene rings is 3. The maximum absolute atomic E-state index is 12.6. The molecule has 0 saturated heterocycles. The lowest BCUT2D eigenvalue weighted by Gasteiger charge is -2.37. The molecular weight excluding hydrogens is 531 g/mol. The van der Waals surface area contributed by atoms with Gasteiger partial charge in [0.2, 0.25) is 0 Å². The lowest BCUT2D eigenvalue weighted by molar-refractivity contribution is -0.0440. The molecule has 0 bridgehead atoms. The summed E-state index contributed by atoms with van der Waals surface area (Å²) in [4.78, 5) is 17.4. The molecular formula is C32H36Cl2N2O3. The zero-order chi connectivity index (χ0) is 27.9. The zero-order valence-corrected chi connectivity index (χ0v) is 23.9. The molecule has 1 aliphatic rings. The summed E-state index contributed by atoms with van der Waals surface area (Å²) in [5, 5.41) is 22.3. The molecule has 3 aromatic rings. The quantitative estimate of drug-likeness (QED) is 0.208. The number of amides is 1. The van der Waals surface area contributed by atoms with Crippen LogP contribution in [0.5, 0.6) is 0 Å². The summed E-state index contributed by atoms with van der Waals surface area (Å²) in [7, 11) is 0. The first-order valence-corrected chi connectivity index (χ1v) is 14.4. The van der Waals surface area contributed by atoms with Gasteiger partial charge in [0.1, 0.15) is 0 Å². The molecule has 0 radical (unpaired) electrons. The lowest BCUT2D eigenvalue weighted by Crippen LogP contribution is -2.27. The van der Waals surface area contributed by atoms with Gasteiger partial charge in [-0.2, -0.15) is 0 Å². The molecule has 3 N–H and O–H groups in total. The first-order valence-electron chi connectivity index (χ1n) is 13.6. The topological polar surface area (TPSA) is 81.9 Å². The van der Waals surface area contributed by atoms with Gasteiger partial charge in [-0.1, -0.05) is 67.2 Å². The Morgan fingerprint density at radius 1 is 1.00 bits per heavy atom. The van der Waals surface area contributed by atoms with E-state index in [0.29, 0.717) is 10.6 Å². The van der Waals surface area contributed by atoms with Gasteiger partial charge in [-0.25, -0.2) is 0 Å². The van der Waals surface area contributed by atoms with Crippen molar-refractivity contribution >= 4 is 41.0 Å². The highest BCUT2D eigenvalue weighted by Gasteiger charge is 2.35. The minimum Gasteiger partial charge on any atom is -0.368 e. The highest BCUT2D eigenvalue weighted by atomic mass is 35.5. The van der Waals surface area contributed by atoms with E-state index in [2.05, 4.69) is 49.5 Å². The Kier molecular flexibility index (Phi) is 10.2. The van der Waals surface area contributed by atoms with Crippen LogP contribution in [0.15, 0.2) is 65.7 Å². The highest BCUT2D eigenvalue weighted by molar-refractivity contribution is 6.31. The summed E-state index contributed by atoms with van der Waals surface area (Å²) < 4.78 is 0. The monoisotopic (exact) mass is 566 g/mol. The van der Waals surface area contributed by atoms with E-state index in [1.165, 1.54) is 16.7 Å². The Balaban J connectivity index is 1.74. The largest absolute Gasteiger partial charge is 0.368 e. The van der Waals surface area contributed by atoms with Gasteiger partial charge >= 0.3 is 0 Å². The van der Waals surface area contributed by atoms with Crippen LogP contribution in [0.1, 0.15) is 89.4 Å². The van der Waals surface area contributed by atoms with Crippen LogP contribution in [0.2, 0.25) is 10.0 Å². The molecule has 0 aliphatic carbocycles. The third-order valence-electron chi connectivity index (χ3n) is 7.55. The Bertz CT molecular complexity index is 1290. The summed E-state index contributed by atoms with van der Waals surface area (Å²) in [6.45, 7) is 4.46. The van der Waals surface area contributed by atoms with Gasteiger partial charge in [0, 0.05) is 34.8 Å². The van der Waals surface area contributed by atoms with Crippen LogP contribution in [0.25, 0.3) is 0 Å². The van der Waals surface area contributed by atoms with Crippen molar-refractivity contribution < 1.29 is 15.0 Å². The summed E-state index contributed by atoms with van der Waals surface area (Å²) in [6, 6.07) is 20.0. The molecule has 1 aliphatic heterocycles. The first kappa shape index (κ1) is 29.3. The summed E-state index contributed by atoms with van der Waals surface area (Å²) in [6.07, 6.45) is 4.63. The fraction of sp³-hybridized carbons (Fsp3) is 0.375. The van der Waals surface area contributed by atoms with E-state index in [4.69, 9.17) is 38.4 Å². The van der Waals surface area contributed by atoms with Crippen molar-refractivity contribution in [1.29, 1.82) is 0 Å². The smallest absolute Gasteiger partial charge is 0.251 e. The molecule has 0 spiro atoms. The standard InChI is InChI=1S/C32H36Cl2N2O3/c1-3-4-5-26(21-6-8-23(9-7-21)32(39)36-17-15-29(37)38)30(22-10-12-24(33)13-11-22)27-14-16-35-31-20(2)18-25(34)19-28(27)31/h6-13,16,18-19,26-27,29-30,37-38H,3-5,14-15,17H2,1-2H3,(H,36,39). The number of hydrogen-bond acceptors (Lipinski definition) is 4. The summed E-state index contributed by atoms with van der Waals surface area (Å²) in [5.41, 5.74) is 6.18. The molecule has 0 aromatic heterocycles. The molecule has 3 aromatic carbocycles. The van der Waals surface area contributed by atoms with Crippen molar-refractivity contribution in [3.05, 3.63) is 98.5 Å². The molecule has 4 rings (SSSR count). The van der Waals surface area contributed by atoms with Gasteiger partial charge in [0.05, 0.1) is 5.69 Å². The number of aryl methyl sites for hydroxylation is 1. The molecule has 206 valence electrons. The normalized spacial score (nSPS) is 16.1. The number of carbonyl (C=O) groups excluding carboxylic acids is 1. The van der Waals surface area contributed by atoms with Gasteiger partial charge in [-0.15, -0.1) is 0 Å².